The van der Waals surface area contributed by atoms with Crippen LogP contribution in [-0.2, 0) is 6.18 Å². The van der Waals surface area contributed by atoms with Gasteiger partial charge in [0.25, 0.3) is 0 Å². The molecule has 1 aromatic heterocycles. The molecule has 0 aliphatic rings. The van der Waals surface area contributed by atoms with Crippen molar-refractivity contribution in [3.05, 3.63) is 35.7 Å². The van der Waals surface area contributed by atoms with E-state index >= 15 is 0 Å². The Bertz CT molecular complexity index is 372. The van der Waals surface area contributed by atoms with Crippen LogP contribution in [0.5, 0.6) is 0 Å². The Hall–Kier alpha value is -1.36. The molecule has 0 atom stereocenters. The van der Waals surface area contributed by atoms with Crippen LogP contribution in [0.1, 0.15) is 24.5 Å². The van der Waals surface area contributed by atoms with Gasteiger partial charge in [-0.25, -0.2) is 0 Å². The maximum atomic E-state index is 12.6. The van der Waals surface area contributed by atoms with E-state index < -0.39 is 11.7 Å². The molecule has 0 bridgehead atoms. The molecule has 0 saturated heterocycles. The van der Waals surface area contributed by atoms with Gasteiger partial charge in [0.15, 0.2) is 0 Å². The van der Waals surface area contributed by atoms with Crippen LogP contribution < -0.4 is 5.32 Å². The lowest BCUT2D eigenvalue weighted by Crippen LogP contribution is -2.13. The van der Waals surface area contributed by atoms with E-state index in [2.05, 4.69) is 10.3 Å². The molecule has 1 heterocycles. The summed E-state index contributed by atoms with van der Waals surface area (Å²) in [5, 5.41) is 3.09. The second kappa shape index (κ2) is 6.39. The lowest BCUT2D eigenvalue weighted by Gasteiger charge is -2.09. The van der Waals surface area contributed by atoms with Crippen molar-refractivity contribution in [2.75, 3.05) is 13.1 Å². The summed E-state index contributed by atoms with van der Waals surface area (Å²) >= 11 is 0. The predicted molar refractivity (Wildman–Crippen MR) is 61.4 cm³/mol. The highest BCUT2D eigenvalue weighted by molar-refractivity contribution is 5.53. The number of pyridine rings is 1. The molecular weight excluding hydrogens is 229 g/mol. The second-order valence-corrected chi connectivity index (χ2v) is 3.51. The monoisotopic (exact) mass is 244 g/mol. The van der Waals surface area contributed by atoms with Gasteiger partial charge in [0, 0.05) is 18.0 Å². The maximum absolute atomic E-state index is 12.6. The van der Waals surface area contributed by atoms with Crippen molar-refractivity contribution in [1.82, 2.24) is 10.3 Å². The Morgan fingerprint density at radius 1 is 1.41 bits per heavy atom. The van der Waals surface area contributed by atoms with Gasteiger partial charge in [-0.15, -0.1) is 0 Å². The fourth-order valence-electron chi connectivity index (χ4n) is 1.37. The molecule has 2 nitrogen and oxygen atoms in total. The van der Waals surface area contributed by atoms with E-state index in [1.54, 1.807) is 6.08 Å². The molecular formula is C12H15F3N2. The lowest BCUT2D eigenvalue weighted by atomic mass is 10.1. The Kier molecular flexibility index (Phi) is 5.15. The van der Waals surface area contributed by atoms with E-state index in [0.717, 1.165) is 25.4 Å². The van der Waals surface area contributed by atoms with E-state index in [0.29, 0.717) is 6.42 Å². The van der Waals surface area contributed by atoms with Gasteiger partial charge in [-0.1, -0.05) is 19.1 Å². The van der Waals surface area contributed by atoms with Crippen molar-refractivity contribution in [3.63, 3.8) is 0 Å². The molecule has 1 N–H and O–H groups in total. The van der Waals surface area contributed by atoms with Gasteiger partial charge >= 0.3 is 6.18 Å². The zero-order valence-electron chi connectivity index (χ0n) is 9.59. The Morgan fingerprint density at radius 3 is 2.82 bits per heavy atom. The summed E-state index contributed by atoms with van der Waals surface area (Å²) < 4.78 is 37.8. The van der Waals surface area contributed by atoms with E-state index in [-0.39, 0.29) is 5.56 Å². The molecule has 0 aliphatic carbocycles. The molecule has 0 fully saturated rings. The first kappa shape index (κ1) is 13.7. The fourth-order valence-corrected chi connectivity index (χ4v) is 1.37. The molecule has 5 heteroatoms. The van der Waals surface area contributed by atoms with Crippen molar-refractivity contribution in [3.8, 4) is 0 Å². The van der Waals surface area contributed by atoms with Crippen molar-refractivity contribution < 1.29 is 13.2 Å². The number of nitrogens with one attached hydrogen (secondary N) is 1. The molecule has 0 spiro atoms. The summed E-state index contributed by atoms with van der Waals surface area (Å²) in [6.07, 6.45) is 1.93. The average molecular weight is 244 g/mol. The summed E-state index contributed by atoms with van der Waals surface area (Å²) in [4.78, 5) is 3.71. The predicted octanol–water partition coefficient (Wildman–Crippen LogP) is 3.11. The van der Waals surface area contributed by atoms with Gasteiger partial charge in [-0.3, -0.25) is 4.98 Å². The van der Waals surface area contributed by atoms with Crippen molar-refractivity contribution in [1.29, 1.82) is 0 Å². The molecule has 1 rings (SSSR count). The maximum Gasteiger partial charge on any atom is 0.417 e. The molecule has 0 saturated carbocycles. The second-order valence-electron chi connectivity index (χ2n) is 3.51. The SMILES string of the molecule is CCNCC/C=C/c1cnccc1C(F)(F)F. The highest BCUT2D eigenvalue weighted by atomic mass is 19.4. The zero-order chi connectivity index (χ0) is 12.7. The molecule has 0 aromatic carbocycles. The molecule has 1 aromatic rings. The average Bonchev–Trinajstić information content (AvgIpc) is 2.28. The van der Waals surface area contributed by atoms with Crippen LogP contribution in [-0.4, -0.2) is 18.1 Å². The van der Waals surface area contributed by atoms with Crippen molar-refractivity contribution in [2.24, 2.45) is 0 Å². The first-order valence-electron chi connectivity index (χ1n) is 5.44. The highest BCUT2D eigenvalue weighted by Gasteiger charge is 2.32. The summed E-state index contributed by atoms with van der Waals surface area (Å²) in [6.45, 7) is 3.59. The van der Waals surface area contributed by atoms with E-state index in [1.165, 1.54) is 12.3 Å². The minimum Gasteiger partial charge on any atom is -0.317 e. The standard InChI is InChI=1S/C12H15F3N2/c1-2-16-7-4-3-5-10-9-17-8-6-11(10)12(13,14)15/h3,5-6,8-9,16H,2,4,7H2,1H3/b5-3+. The van der Waals surface area contributed by atoms with Crippen LogP contribution in [0.4, 0.5) is 13.2 Å². The number of rotatable bonds is 5. The largest absolute Gasteiger partial charge is 0.417 e. The van der Waals surface area contributed by atoms with E-state index in [4.69, 9.17) is 0 Å². The van der Waals surface area contributed by atoms with E-state index in [9.17, 15) is 13.2 Å². The molecule has 94 valence electrons. The number of halogens is 3. The van der Waals surface area contributed by atoms with Gasteiger partial charge < -0.3 is 5.32 Å². The van der Waals surface area contributed by atoms with Gasteiger partial charge in [0.2, 0.25) is 0 Å². The fraction of sp³-hybridized carbons (Fsp3) is 0.417. The van der Waals surface area contributed by atoms with Crippen molar-refractivity contribution in [2.45, 2.75) is 19.5 Å². The summed E-state index contributed by atoms with van der Waals surface area (Å²) in [5.74, 6) is 0. The third-order valence-electron chi connectivity index (χ3n) is 2.19. The summed E-state index contributed by atoms with van der Waals surface area (Å²) in [5.41, 5.74) is -0.538. The van der Waals surface area contributed by atoms with Crippen LogP contribution in [0.15, 0.2) is 24.5 Å². The quantitative estimate of drug-likeness (QED) is 0.805. The highest BCUT2D eigenvalue weighted by Crippen LogP contribution is 2.31. The molecule has 0 aliphatic heterocycles. The van der Waals surface area contributed by atoms with Gasteiger partial charge in [-0.2, -0.15) is 13.2 Å². The Balaban J connectivity index is 2.71. The van der Waals surface area contributed by atoms with Gasteiger partial charge in [0.05, 0.1) is 5.56 Å². The molecule has 17 heavy (non-hydrogen) atoms. The minimum atomic E-state index is -4.33. The first-order chi connectivity index (χ1) is 8.05. The van der Waals surface area contributed by atoms with Crippen LogP contribution >= 0.6 is 0 Å². The van der Waals surface area contributed by atoms with Gasteiger partial charge in [0.1, 0.15) is 0 Å². The van der Waals surface area contributed by atoms with Crippen LogP contribution in [0.3, 0.4) is 0 Å². The summed E-state index contributed by atoms with van der Waals surface area (Å²) in [6, 6.07) is 0.990. The molecule has 0 radical (unpaired) electrons. The number of alkyl halides is 3. The van der Waals surface area contributed by atoms with Crippen LogP contribution in [0.25, 0.3) is 6.08 Å². The Labute approximate surface area is 98.6 Å². The smallest absolute Gasteiger partial charge is 0.317 e. The number of aromatic nitrogens is 1. The normalized spacial score (nSPS) is 12.2. The number of hydrogen-bond acceptors (Lipinski definition) is 2. The number of hydrogen-bond donors (Lipinski definition) is 1. The number of nitrogens with zero attached hydrogens (tertiary/aromatic N) is 1. The minimum absolute atomic E-state index is 0.108. The van der Waals surface area contributed by atoms with Crippen molar-refractivity contribution >= 4 is 6.08 Å². The topological polar surface area (TPSA) is 24.9 Å². The first-order valence-corrected chi connectivity index (χ1v) is 5.44. The third kappa shape index (κ3) is 4.56. The van der Waals surface area contributed by atoms with Crippen LogP contribution in [0, 0.1) is 0 Å². The summed E-state index contributed by atoms with van der Waals surface area (Å²) in [7, 11) is 0. The molecule has 0 unspecified atom stereocenters. The van der Waals surface area contributed by atoms with Crippen LogP contribution in [0.2, 0.25) is 0 Å². The van der Waals surface area contributed by atoms with Gasteiger partial charge in [-0.05, 0) is 25.6 Å². The molecule has 0 amide bonds. The lowest BCUT2D eigenvalue weighted by molar-refractivity contribution is -0.137. The zero-order valence-corrected chi connectivity index (χ0v) is 9.59. The van der Waals surface area contributed by atoms with E-state index in [1.807, 2.05) is 6.92 Å². The Morgan fingerprint density at radius 2 is 2.18 bits per heavy atom. The third-order valence-corrected chi connectivity index (χ3v) is 2.19.